The number of nitrogens with zero attached hydrogens (tertiary/aromatic N) is 1. The quantitative estimate of drug-likeness (QED) is 0.706. The molecule has 1 heterocycles. The minimum Gasteiger partial charge on any atom is -0.460 e. The Hall–Kier alpha value is -2.39. The Morgan fingerprint density at radius 2 is 1.82 bits per heavy atom. The number of halogens is 3. The summed E-state index contributed by atoms with van der Waals surface area (Å²) in [5.41, 5.74) is -0.0973. The SMILES string of the molecule is O=C(OCc1cccc(F)c1F)C1CCCN(S(=O)(=O)c2ccc(F)cc2)C1. The van der Waals surface area contributed by atoms with Crippen LogP contribution in [0.25, 0.3) is 0 Å². The van der Waals surface area contributed by atoms with Gasteiger partial charge in [0, 0.05) is 18.7 Å². The van der Waals surface area contributed by atoms with Crippen LogP contribution in [-0.2, 0) is 26.2 Å². The predicted molar refractivity (Wildman–Crippen MR) is 94.0 cm³/mol. The van der Waals surface area contributed by atoms with Crippen LogP contribution in [0, 0.1) is 23.4 Å². The zero-order valence-electron chi connectivity index (χ0n) is 14.8. The summed E-state index contributed by atoms with van der Waals surface area (Å²) >= 11 is 0. The fraction of sp³-hybridized carbons (Fsp3) is 0.316. The van der Waals surface area contributed by atoms with Crippen LogP contribution in [0.2, 0.25) is 0 Å². The van der Waals surface area contributed by atoms with Gasteiger partial charge in [-0.2, -0.15) is 4.31 Å². The molecule has 1 atom stereocenters. The molecule has 1 fully saturated rings. The number of rotatable bonds is 5. The number of carbonyl (C=O) groups excluding carboxylic acids is 1. The number of carbonyl (C=O) groups is 1. The van der Waals surface area contributed by atoms with E-state index in [0.29, 0.717) is 12.8 Å². The molecule has 150 valence electrons. The van der Waals surface area contributed by atoms with Crippen LogP contribution in [0.15, 0.2) is 47.4 Å². The number of esters is 1. The molecule has 2 aromatic rings. The van der Waals surface area contributed by atoms with Gasteiger partial charge in [0.15, 0.2) is 11.6 Å². The largest absolute Gasteiger partial charge is 0.460 e. The molecule has 0 saturated carbocycles. The van der Waals surface area contributed by atoms with E-state index in [0.717, 1.165) is 22.5 Å². The van der Waals surface area contributed by atoms with Crippen molar-refractivity contribution >= 4 is 16.0 Å². The lowest BCUT2D eigenvalue weighted by Crippen LogP contribution is -2.42. The van der Waals surface area contributed by atoms with Crippen molar-refractivity contribution < 1.29 is 31.1 Å². The average Bonchev–Trinajstić information content (AvgIpc) is 2.69. The normalized spacial score (nSPS) is 18.0. The highest BCUT2D eigenvalue weighted by Crippen LogP contribution is 2.25. The van der Waals surface area contributed by atoms with Gasteiger partial charge in [-0.3, -0.25) is 4.79 Å². The Morgan fingerprint density at radius 3 is 2.54 bits per heavy atom. The molecule has 0 aromatic heterocycles. The molecule has 0 aliphatic carbocycles. The summed E-state index contributed by atoms with van der Waals surface area (Å²) in [4.78, 5) is 12.2. The van der Waals surface area contributed by atoms with Gasteiger partial charge in [0.2, 0.25) is 10.0 Å². The van der Waals surface area contributed by atoms with Crippen molar-refractivity contribution in [3.63, 3.8) is 0 Å². The summed E-state index contributed by atoms with van der Waals surface area (Å²) in [5.74, 6) is -4.07. The lowest BCUT2D eigenvalue weighted by atomic mass is 10.00. The van der Waals surface area contributed by atoms with Gasteiger partial charge in [0.05, 0.1) is 10.8 Å². The van der Waals surface area contributed by atoms with Crippen LogP contribution in [-0.4, -0.2) is 31.8 Å². The summed E-state index contributed by atoms with van der Waals surface area (Å²) in [6.07, 6.45) is 0.856. The first-order valence-corrected chi connectivity index (χ1v) is 10.1. The Bertz CT molecular complexity index is 964. The van der Waals surface area contributed by atoms with Crippen molar-refractivity contribution in [3.05, 3.63) is 65.5 Å². The second kappa shape index (κ2) is 8.32. The molecular weight excluding hydrogens is 395 g/mol. The summed E-state index contributed by atoms with van der Waals surface area (Å²) in [6, 6.07) is 8.00. The van der Waals surface area contributed by atoms with E-state index < -0.39 is 46.0 Å². The van der Waals surface area contributed by atoms with Gasteiger partial charge in [-0.15, -0.1) is 0 Å². The van der Waals surface area contributed by atoms with Crippen molar-refractivity contribution in [1.29, 1.82) is 0 Å². The van der Waals surface area contributed by atoms with Crippen molar-refractivity contribution in [1.82, 2.24) is 4.31 Å². The third-order valence-electron chi connectivity index (χ3n) is 4.57. The zero-order valence-corrected chi connectivity index (χ0v) is 15.6. The first-order chi connectivity index (χ1) is 13.3. The fourth-order valence-electron chi connectivity index (χ4n) is 3.04. The van der Waals surface area contributed by atoms with E-state index in [4.69, 9.17) is 4.74 Å². The van der Waals surface area contributed by atoms with E-state index in [1.807, 2.05) is 0 Å². The third-order valence-corrected chi connectivity index (χ3v) is 6.45. The molecule has 0 N–H and O–H groups in total. The molecule has 0 amide bonds. The van der Waals surface area contributed by atoms with Crippen LogP contribution >= 0.6 is 0 Å². The molecule has 1 unspecified atom stereocenters. The van der Waals surface area contributed by atoms with Crippen LogP contribution in [0.1, 0.15) is 18.4 Å². The molecule has 1 aliphatic rings. The Balaban J connectivity index is 1.66. The molecule has 9 heteroatoms. The molecule has 0 spiro atoms. The molecule has 5 nitrogen and oxygen atoms in total. The van der Waals surface area contributed by atoms with Gasteiger partial charge in [0.1, 0.15) is 12.4 Å². The zero-order chi connectivity index (χ0) is 20.3. The molecule has 0 bridgehead atoms. The predicted octanol–water partition coefficient (Wildman–Crippen LogP) is 3.25. The van der Waals surface area contributed by atoms with Crippen molar-refractivity contribution in [2.75, 3.05) is 13.1 Å². The molecule has 1 aliphatic heterocycles. The van der Waals surface area contributed by atoms with Gasteiger partial charge in [-0.25, -0.2) is 21.6 Å². The number of hydrogen-bond acceptors (Lipinski definition) is 4. The lowest BCUT2D eigenvalue weighted by Gasteiger charge is -2.30. The number of benzene rings is 2. The topological polar surface area (TPSA) is 63.7 Å². The van der Waals surface area contributed by atoms with Crippen LogP contribution in [0.5, 0.6) is 0 Å². The lowest BCUT2D eigenvalue weighted by molar-refractivity contribution is -0.151. The fourth-order valence-corrected chi connectivity index (χ4v) is 4.56. The number of hydrogen-bond donors (Lipinski definition) is 0. The molecule has 28 heavy (non-hydrogen) atoms. The third kappa shape index (κ3) is 4.36. The highest BCUT2D eigenvalue weighted by atomic mass is 32.2. The maximum absolute atomic E-state index is 13.6. The minimum atomic E-state index is -3.88. The van der Waals surface area contributed by atoms with Crippen LogP contribution in [0.4, 0.5) is 13.2 Å². The van der Waals surface area contributed by atoms with Gasteiger partial charge in [-0.05, 0) is 43.2 Å². The number of sulfonamides is 1. The molecule has 0 radical (unpaired) electrons. The van der Waals surface area contributed by atoms with E-state index in [1.54, 1.807) is 0 Å². The van der Waals surface area contributed by atoms with Gasteiger partial charge < -0.3 is 4.74 Å². The van der Waals surface area contributed by atoms with Crippen molar-refractivity contribution in [2.24, 2.45) is 5.92 Å². The molecule has 3 rings (SSSR count). The molecule has 1 saturated heterocycles. The van der Waals surface area contributed by atoms with Gasteiger partial charge in [-0.1, -0.05) is 12.1 Å². The highest BCUT2D eigenvalue weighted by molar-refractivity contribution is 7.89. The first-order valence-electron chi connectivity index (χ1n) is 8.64. The first kappa shape index (κ1) is 20.3. The standard InChI is InChI=1S/C19H18F3NO4S/c20-15-6-8-16(9-7-15)28(25,26)23-10-2-4-13(11-23)19(24)27-12-14-3-1-5-17(21)18(14)22/h1,3,5-9,13H,2,4,10-12H2. The van der Waals surface area contributed by atoms with Gasteiger partial charge in [0.25, 0.3) is 0 Å². The van der Waals surface area contributed by atoms with E-state index in [-0.39, 0.29) is 23.5 Å². The van der Waals surface area contributed by atoms with Crippen molar-refractivity contribution in [3.8, 4) is 0 Å². The van der Waals surface area contributed by atoms with E-state index in [2.05, 4.69) is 0 Å². The molecular formula is C19H18F3NO4S. The van der Waals surface area contributed by atoms with Crippen LogP contribution in [0.3, 0.4) is 0 Å². The minimum absolute atomic E-state index is 0.0650. The van der Waals surface area contributed by atoms with E-state index >= 15 is 0 Å². The average molecular weight is 413 g/mol. The highest BCUT2D eigenvalue weighted by Gasteiger charge is 2.34. The monoisotopic (exact) mass is 413 g/mol. The van der Waals surface area contributed by atoms with Crippen molar-refractivity contribution in [2.45, 2.75) is 24.3 Å². The van der Waals surface area contributed by atoms with E-state index in [9.17, 15) is 26.4 Å². The Kier molecular flexibility index (Phi) is 6.04. The summed E-state index contributed by atoms with van der Waals surface area (Å²) in [5, 5.41) is 0. The van der Waals surface area contributed by atoms with Crippen LogP contribution < -0.4 is 0 Å². The Morgan fingerprint density at radius 1 is 1.11 bits per heavy atom. The Labute approximate surface area is 160 Å². The van der Waals surface area contributed by atoms with Gasteiger partial charge >= 0.3 is 5.97 Å². The maximum Gasteiger partial charge on any atom is 0.310 e. The summed E-state index contributed by atoms with van der Waals surface area (Å²) in [7, 11) is -3.88. The summed E-state index contributed by atoms with van der Waals surface area (Å²) in [6.45, 7) is -0.310. The smallest absolute Gasteiger partial charge is 0.310 e. The second-order valence-corrected chi connectivity index (χ2v) is 8.41. The maximum atomic E-state index is 13.6. The van der Waals surface area contributed by atoms with E-state index in [1.165, 1.54) is 24.3 Å². The molecule has 2 aromatic carbocycles. The summed E-state index contributed by atoms with van der Waals surface area (Å²) < 4.78 is 71.5. The number of piperidine rings is 1. The number of ether oxygens (including phenoxy) is 1. The second-order valence-electron chi connectivity index (χ2n) is 6.48.